The molecule has 4 heterocycles. The highest BCUT2D eigenvalue weighted by Gasteiger charge is 2.23. The summed E-state index contributed by atoms with van der Waals surface area (Å²) >= 11 is 0. The Morgan fingerprint density at radius 2 is 2.06 bits per heavy atom. The van der Waals surface area contributed by atoms with Crippen LogP contribution in [-0.4, -0.2) is 43.3 Å². The van der Waals surface area contributed by atoms with Gasteiger partial charge < -0.3 is 9.26 Å². The molecule has 0 radical (unpaired) electrons. The minimum Gasteiger partial charge on any atom is -0.487 e. The minimum atomic E-state index is 0.370. The molecule has 8 heteroatoms. The Morgan fingerprint density at radius 3 is 2.84 bits per heavy atom. The largest absolute Gasteiger partial charge is 0.487 e. The van der Waals surface area contributed by atoms with Gasteiger partial charge in [0.25, 0.3) is 0 Å². The third kappa shape index (κ3) is 4.70. The van der Waals surface area contributed by atoms with Crippen LogP contribution in [0.4, 0.5) is 0 Å². The van der Waals surface area contributed by atoms with Gasteiger partial charge in [-0.2, -0.15) is 5.10 Å². The van der Waals surface area contributed by atoms with E-state index in [1.165, 1.54) is 12.1 Å². The fourth-order valence-electron chi connectivity index (χ4n) is 4.30. The van der Waals surface area contributed by atoms with Gasteiger partial charge in [0.05, 0.1) is 0 Å². The average Bonchev–Trinajstić information content (AvgIpc) is 3.51. The molecule has 1 atom stereocenters. The van der Waals surface area contributed by atoms with E-state index in [0.717, 1.165) is 59.9 Å². The highest BCUT2D eigenvalue weighted by atomic mass is 16.5. The number of piperidine rings is 1. The van der Waals surface area contributed by atoms with Crippen molar-refractivity contribution < 1.29 is 9.26 Å². The van der Waals surface area contributed by atoms with Crippen molar-refractivity contribution >= 4 is 0 Å². The van der Waals surface area contributed by atoms with E-state index in [-0.39, 0.29) is 0 Å². The minimum absolute atomic E-state index is 0.370. The maximum absolute atomic E-state index is 6.17. The molecule has 1 fully saturated rings. The first-order chi connectivity index (χ1) is 15.7. The monoisotopic (exact) mass is 430 g/mol. The number of hydrogen-bond donors (Lipinski definition) is 1. The van der Waals surface area contributed by atoms with E-state index in [2.05, 4.69) is 48.4 Å². The number of likely N-dealkylation sites (tertiary alicyclic amines) is 1. The summed E-state index contributed by atoms with van der Waals surface area (Å²) in [5, 5.41) is 11.3. The van der Waals surface area contributed by atoms with Crippen LogP contribution in [0.3, 0.4) is 0 Å². The number of hydrogen-bond acceptors (Lipinski definition) is 7. The van der Waals surface area contributed by atoms with Crippen LogP contribution in [-0.2, 0) is 13.2 Å². The van der Waals surface area contributed by atoms with Crippen LogP contribution >= 0.6 is 0 Å². The van der Waals surface area contributed by atoms with Gasteiger partial charge in [-0.1, -0.05) is 11.2 Å². The fourth-order valence-corrected chi connectivity index (χ4v) is 4.30. The number of nitrogens with one attached hydrogen (secondary N) is 1. The van der Waals surface area contributed by atoms with Crippen molar-refractivity contribution in [1.29, 1.82) is 0 Å². The van der Waals surface area contributed by atoms with E-state index >= 15 is 0 Å². The molecule has 1 aromatic carbocycles. The molecule has 1 unspecified atom stereocenters. The van der Waals surface area contributed by atoms with E-state index < -0.39 is 0 Å². The number of H-pyrrole nitrogens is 1. The molecule has 164 valence electrons. The number of aryl methyl sites for hydroxylation is 1. The van der Waals surface area contributed by atoms with Crippen LogP contribution in [0, 0.1) is 6.92 Å². The molecule has 0 saturated carbocycles. The first-order valence-corrected chi connectivity index (χ1v) is 10.9. The average molecular weight is 431 g/mol. The summed E-state index contributed by atoms with van der Waals surface area (Å²) in [5.41, 5.74) is 5.19. The molecule has 0 spiro atoms. The predicted octanol–water partition coefficient (Wildman–Crippen LogP) is 4.12. The summed E-state index contributed by atoms with van der Waals surface area (Å²) in [4.78, 5) is 10.8. The van der Waals surface area contributed by atoms with Gasteiger partial charge in [-0.05, 0) is 50.1 Å². The van der Waals surface area contributed by atoms with Crippen molar-refractivity contribution in [2.24, 2.45) is 0 Å². The Labute approximate surface area is 186 Å². The Hall–Kier alpha value is -3.52. The van der Waals surface area contributed by atoms with Gasteiger partial charge in [0, 0.05) is 60.5 Å². The van der Waals surface area contributed by atoms with Gasteiger partial charge in [-0.25, -0.2) is 9.97 Å². The van der Waals surface area contributed by atoms with E-state index in [1.54, 1.807) is 6.33 Å². The molecule has 8 nitrogen and oxygen atoms in total. The van der Waals surface area contributed by atoms with Crippen LogP contribution < -0.4 is 4.74 Å². The molecule has 32 heavy (non-hydrogen) atoms. The van der Waals surface area contributed by atoms with E-state index in [4.69, 9.17) is 9.26 Å². The van der Waals surface area contributed by atoms with Crippen molar-refractivity contribution in [1.82, 2.24) is 30.2 Å². The standard InChI is InChI=1S/C24H26N6O2/c1-17-9-22(29-32-17)15-31-24-5-4-18(21-11-25-16-26-12-21)10-20(24)14-30-8-2-3-19(13-30)23-6-7-27-28-23/h4-7,9-12,16,19H,2-3,8,13-15H2,1H3,(H,27,28). The number of aromatic amines is 1. The first kappa shape index (κ1) is 20.4. The number of benzene rings is 1. The third-order valence-electron chi connectivity index (χ3n) is 5.87. The Kier molecular flexibility index (Phi) is 5.93. The highest BCUT2D eigenvalue weighted by molar-refractivity contribution is 5.64. The summed E-state index contributed by atoms with van der Waals surface area (Å²) in [5.74, 6) is 2.11. The quantitative estimate of drug-likeness (QED) is 0.471. The molecular formula is C24H26N6O2. The molecule has 3 aromatic heterocycles. The van der Waals surface area contributed by atoms with Crippen LogP contribution in [0.5, 0.6) is 5.75 Å². The topological polar surface area (TPSA) is 93.0 Å². The molecular weight excluding hydrogens is 404 g/mol. The highest BCUT2D eigenvalue weighted by Crippen LogP contribution is 2.31. The van der Waals surface area contributed by atoms with Crippen molar-refractivity contribution in [2.45, 2.75) is 38.8 Å². The van der Waals surface area contributed by atoms with Crippen LogP contribution in [0.25, 0.3) is 11.1 Å². The molecule has 4 aromatic rings. The molecule has 1 aliphatic heterocycles. The lowest BCUT2D eigenvalue weighted by Crippen LogP contribution is -2.34. The summed E-state index contributed by atoms with van der Waals surface area (Å²) in [7, 11) is 0. The predicted molar refractivity (Wildman–Crippen MR) is 119 cm³/mol. The summed E-state index contributed by atoms with van der Waals surface area (Å²) < 4.78 is 11.3. The van der Waals surface area contributed by atoms with Crippen molar-refractivity contribution in [3.63, 3.8) is 0 Å². The van der Waals surface area contributed by atoms with Gasteiger partial charge in [-0.3, -0.25) is 10.00 Å². The maximum atomic E-state index is 6.17. The van der Waals surface area contributed by atoms with Crippen LogP contribution in [0.2, 0.25) is 0 Å². The second-order valence-electron chi connectivity index (χ2n) is 8.25. The molecule has 5 rings (SSSR count). The number of nitrogens with zero attached hydrogens (tertiary/aromatic N) is 5. The zero-order valence-electron chi connectivity index (χ0n) is 18.1. The molecule has 1 aliphatic rings. The van der Waals surface area contributed by atoms with Gasteiger partial charge in [0.15, 0.2) is 0 Å². The number of ether oxygens (including phenoxy) is 1. The molecule has 0 aliphatic carbocycles. The smallest absolute Gasteiger partial charge is 0.134 e. The fraction of sp³-hybridized carbons (Fsp3) is 0.333. The summed E-state index contributed by atoms with van der Waals surface area (Å²) in [6.45, 7) is 5.10. The zero-order chi connectivity index (χ0) is 21.8. The second kappa shape index (κ2) is 9.32. The lowest BCUT2D eigenvalue weighted by Gasteiger charge is -2.32. The molecule has 1 N–H and O–H groups in total. The summed E-state index contributed by atoms with van der Waals surface area (Å²) in [6.07, 6.45) is 9.38. The first-order valence-electron chi connectivity index (χ1n) is 10.9. The van der Waals surface area contributed by atoms with E-state index in [0.29, 0.717) is 12.5 Å². The Morgan fingerprint density at radius 1 is 1.16 bits per heavy atom. The van der Waals surface area contributed by atoms with E-state index in [1.807, 2.05) is 37.6 Å². The zero-order valence-corrected chi connectivity index (χ0v) is 18.1. The Bertz CT molecular complexity index is 1140. The third-order valence-corrected chi connectivity index (χ3v) is 5.87. The van der Waals surface area contributed by atoms with Gasteiger partial charge in [0.1, 0.15) is 30.1 Å². The van der Waals surface area contributed by atoms with Crippen molar-refractivity contribution in [3.8, 4) is 16.9 Å². The Balaban J connectivity index is 1.38. The van der Waals surface area contributed by atoms with Gasteiger partial charge in [0.2, 0.25) is 0 Å². The molecule has 1 saturated heterocycles. The lowest BCUT2D eigenvalue weighted by atomic mass is 9.94. The number of rotatable bonds is 7. The van der Waals surface area contributed by atoms with Gasteiger partial charge >= 0.3 is 0 Å². The molecule has 0 bridgehead atoms. The maximum Gasteiger partial charge on any atom is 0.134 e. The summed E-state index contributed by atoms with van der Waals surface area (Å²) in [6, 6.07) is 10.2. The van der Waals surface area contributed by atoms with Crippen molar-refractivity contribution in [3.05, 3.63) is 78.0 Å². The normalized spacial score (nSPS) is 16.8. The SMILES string of the molecule is Cc1cc(COc2ccc(-c3cncnc3)cc2CN2CCCC(c3ccn[nH]3)C2)no1. The number of aromatic nitrogens is 5. The molecule has 0 amide bonds. The van der Waals surface area contributed by atoms with Gasteiger partial charge in [-0.15, -0.1) is 0 Å². The van der Waals surface area contributed by atoms with Crippen LogP contribution in [0.15, 0.2) is 59.8 Å². The second-order valence-corrected chi connectivity index (χ2v) is 8.25. The lowest BCUT2D eigenvalue weighted by molar-refractivity contribution is 0.194. The van der Waals surface area contributed by atoms with Crippen LogP contribution in [0.1, 0.15) is 41.5 Å². The van der Waals surface area contributed by atoms with E-state index in [9.17, 15) is 0 Å². The van der Waals surface area contributed by atoms with Crippen molar-refractivity contribution in [2.75, 3.05) is 13.1 Å².